The molecule has 7 heteroatoms. The lowest BCUT2D eigenvalue weighted by molar-refractivity contribution is -0.142. The molecule has 0 radical (unpaired) electrons. The van der Waals surface area contributed by atoms with E-state index in [9.17, 15) is 9.59 Å². The minimum absolute atomic E-state index is 0.0461. The molecule has 1 amide bonds. The average Bonchev–Trinajstić information content (AvgIpc) is 2.33. The first-order valence-corrected chi connectivity index (χ1v) is 6.80. The molecule has 0 saturated heterocycles. The third-order valence-corrected chi connectivity index (χ3v) is 2.59. The number of nitrogens with two attached hydrogens (primary N) is 2. The Hall–Kier alpha value is -1.18. The molecule has 0 aliphatic rings. The number of hydrogen-bond donors (Lipinski definition) is 4. The predicted molar refractivity (Wildman–Crippen MR) is 76.2 cm³/mol. The maximum absolute atomic E-state index is 11.8. The molecule has 0 saturated carbocycles. The fourth-order valence-electron chi connectivity index (χ4n) is 1.44. The fraction of sp³-hybridized carbons (Fsp3) is 0.846. The largest absolute Gasteiger partial charge is 0.480 e. The Morgan fingerprint density at radius 1 is 1.30 bits per heavy atom. The van der Waals surface area contributed by atoms with Crippen molar-refractivity contribution in [3.05, 3.63) is 0 Å². The molecule has 0 bridgehead atoms. The first-order valence-electron chi connectivity index (χ1n) is 6.80. The monoisotopic (exact) mass is 289 g/mol. The van der Waals surface area contributed by atoms with E-state index in [2.05, 4.69) is 5.32 Å². The molecule has 6 N–H and O–H groups in total. The van der Waals surface area contributed by atoms with Crippen molar-refractivity contribution in [2.24, 2.45) is 11.5 Å². The van der Waals surface area contributed by atoms with Gasteiger partial charge in [-0.3, -0.25) is 4.79 Å². The van der Waals surface area contributed by atoms with Gasteiger partial charge in [-0.25, -0.2) is 4.79 Å². The van der Waals surface area contributed by atoms with Crippen LogP contribution in [-0.2, 0) is 14.3 Å². The molecule has 0 aromatic carbocycles. The highest BCUT2D eigenvalue weighted by atomic mass is 16.5. The summed E-state index contributed by atoms with van der Waals surface area (Å²) in [5, 5.41) is 11.5. The van der Waals surface area contributed by atoms with Crippen molar-refractivity contribution in [3.63, 3.8) is 0 Å². The number of hydrogen-bond acceptors (Lipinski definition) is 5. The van der Waals surface area contributed by atoms with Crippen LogP contribution in [-0.4, -0.2) is 47.8 Å². The van der Waals surface area contributed by atoms with Crippen LogP contribution in [0.25, 0.3) is 0 Å². The normalized spacial score (nSPS) is 14.7. The van der Waals surface area contributed by atoms with Gasteiger partial charge in [0.1, 0.15) is 12.1 Å². The summed E-state index contributed by atoms with van der Waals surface area (Å²) in [4.78, 5) is 22.9. The van der Waals surface area contributed by atoms with Gasteiger partial charge in [0, 0.05) is 0 Å². The molecule has 0 unspecified atom stereocenters. The summed E-state index contributed by atoms with van der Waals surface area (Å²) < 4.78 is 5.40. The van der Waals surface area contributed by atoms with Crippen molar-refractivity contribution in [2.45, 2.75) is 57.7 Å². The lowest BCUT2D eigenvalue weighted by Crippen LogP contribution is -2.50. The molecular weight excluding hydrogens is 262 g/mol. The quantitative estimate of drug-likeness (QED) is 0.436. The minimum atomic E-state index is -1.07. The highest BCUT2D eigenvalue weighted by Crippen LogP contribution is 2.07. The second kappa shape index (κ2) is 8.89. The number of carboxylic acid groups (broad SMARTS) is 1. The number of carbonyl (C=O) groups excluding carboxylic acids is 1. The lowest BCUT2D eigenvalue weighted by atomic mass is 10.1. The summed E-state index contributed by atoms with van der Waals surface area (Å²) in [7, 11) is 0. The van der Waals surface area contributed by atoms with Crippen molar-refractivity contribution in [2.75, 3.05) is 13.2 Å². The van der Waals surface area contributed by atoms with Crippen molar-refractivity contribution in [1.82, 2.24) is 5.32 Å². The minimum Gasteiger partial charge on any atom is -0.480 e. The van der Waals surface area contributed by atoms with E-state index in [1.165, 1.54) is 0 Å². The number of amides is 1. The van der Waals surface area contributed by atoms with E-state index < -0.39 is 29.6 Å². The lowest BCUT2D eigenvalue weighted by Gasteiger charge is -2.23. The number of rotatable bonds is 9. The second-order valence-electron chi connectivity index (χ2n) is 5.71. The van der Waals surface area contributed by atoms with E-state index in [-0.39, 0.29) is 6.61 Å². The second-order valence-corrected chi connectivity index (χ2v) is 5.71. The van der Waals surface area contributed by atoms with Crippen molar-refractivity contribution in [3.8, 4) is 0 Å². The smallest absolute Gasteiger partial charge is 0.326 e. The third kappa shape index (κ3) is 8.84. The predicted octanol–water partition coefficient (Wildman–Crippen LogP) is -0.173. The van der Waals surface area contributed by atoms with E-state index in [1.807, 2.05) is 20.8 Å². The van der Waals surface area contributed by atoms with Crippen LogP contribution in [0.2, 0.25) is 0 Å². The Kier molecular flexibility index (Phi) is 8.36. The van der Waals surface area contributed by atoms with Gasteiger partial charge in [-0.2, -0.15) is 0 Å². The van der Waals surface area contributed by atoms with Gasteiger partial charge >= 0.3 is 5.97 Å². The Morgan fingerprint density at radius 2 is 1.90 bits per heavy atom. The Labute approximate surface area is 120 Å². The first-order chi connectivity index (χ1) is 9.17. The number of carbonyl (C=O) groups is 2. The molecule has 118 valence electrons. The average molecular weight is 289 g/mol. The highest BCUT2D eigenvalue weighted by molar-refractivity contribution is 5.86. The molecule has 20 heavy (non-hydrogen) atoms. The summed E-state index contributed by atoms with van der Waals surface area (Å²) in [6.45, 7) is 6.10. The van der Waals surface area contributed by atoms with Crippen molar-refractivity contribution >= 4 is 11.9 Å². The van der Waals surface area contributed by atoms with Crippen molar-refractivity contribution in [1.29, 1.82) is 0 Å². The van der Waals surface area contributed by atoms with E-state index in [0.29, 0.717) is 19.4 Å². The van der Waals surface area contributed by atoms with Crippen molar-refractivity contribution < 1.29 is 19.4 Å². The molecule has 0 aromatic rings. The van der Waals surface area contributed by atoms with Crippen LogP contribution in [0.15, 0.2) is 0 Å². The zero-order valence-corrected chi connectivity index (χ0v) is 12.5. The summed E-state index contributed by atoms with van der Waals surface area (Å²) in [6, 6.07) is -1.82. The molecule has 0 spiro atoms. The van der Waals surface area contributed by atoms with Gasteiger partial charge in [-0.05, 0) is 46.6 Å². The Morgan fingerprint density at radius 3 is 2.35 bits per heavy atom. The van der Waals surface area contributed by atoms with Gasteiger partial charge in [0.25, 0.3) is 0 Å². The molecule has 0 rings (SSSR count). The van der Waals surface area contributed by atoms with Crippen LogP contribution in [0.4, 0.5) is 0 Å². The van der Waals surface area contributed by atoms with Gasteiger partial charge in [0.15, 0.2) is 0 Å². The van der Waals surface area contributed by atoms with Gasteiger partial charge in [0.05, 0.1) is 12.2 Å². The molecule has 0 fully saturated rings. The fourth-order valence-corrected chi connectivity index (χ4v) is 1.44. The topological polar surface area (TPSA) is 128 Å². The van der Waals surface area contributed by atoms with E-state index in [1.54, 1.807) is 0 Å². The van der Waals surface area contributed by atoms with Crippen LogP contribution in [0.1, 0.15) is 40.0 Å². The maximum Gasteiger partial charge on any atom is 0.326 e. The van der Waals surface area contributed by atoms with Crippen LogP contribution in [0, 0.1) is 0 Å². The highest BCUT2D eigenvalue weighted by Gasteiger charge is 2.24. The van der Waals surface area contributed by atoms with Crippen LogP contribution in [0.3, 0.4) is 0 Å². The summed E-state index contributed by atoms with van der Waals surface area (Å²) >= 11 is 0. The summed E-state index contributed by atoms with van der Waals surface area (Å²) in [5.41, 5.74) is 10.6. The molecule has 0 aliphatic heterocycles. The molecule has 0 heterocycles. The molecule has 7 nitrogen and oxygen atoms in total. The summed E-state index contributed by atoms with van der Waals surface area (Å²) in [6.07, 6.45) is 1.70. The standard InChI is InChI=1S/C13H27N3O4/c1-13(2,3)20-8-9(15)11(17)16-10(12(18)19)6-4-5-7-14/h9-10H,4-8,14-15H2,1-3H3,(H,16,17)(H,18,19)/t9-,10+/m1/s1. The van der Waals surface area contributed by atoms with Gasteiger partial charge in [-0.1, -0.05) is 0 Å². The van der Waals surface area contributed by atoms with Gasteiger partial charge in [0.2, 0.25) is 5.91 Å². The molecule has 2 atom stereocenters. The zero-order chi connectivity index (χ0) is 15.8. The number of nitrogens with one attached hydrogen (secondary N) is 1. The Balaban J connectivity index is 4.26. The SMILES string of the molecule is CC(C)(C)OC[C@@H](N)C(=O)N[C@@H](CCCCN)C(=O)O. The van der Waals surface area contributed by atoms with E-state index >= 15 is 0 Å². The van der Waals surface area contributed by atoms with Gasteiger partial charge in [-0.15, -0.1) is 0 Å². The van der Waals surface area contributed by atoms with Crippen LogP contribution < -0.4 is 16.8 Å². The van der Waals surface area contributed by atoms with E-state index in [4.69, 9.17) is 21.3 Å². The Bertz CT molecular complexity index is 315. The zero-order valence-electron chi connectivity index (χ0n) is 12.5. The third-order valence-electron chi connectivity index (χ3n) is 2.59. The molecule has 0 aromatic heterocycles. The van der Waals surface area contributed by atoms with Gasteiger partial charge < -0.3 is 26.6 Å². The molecule has 0 aliphatic carbocycles. The van der Waals surface area contributed by atoms with Crippen LogP contribution >= 0.6 is 0 Å². The maximum atomic E-state index is 11.8. The number of carboxylic acids is 1. The number of unbranched alkanes of at least 4 members (excludes halogenated alkanes) is 1. The number of ether oxygens (including phenoxy) is 1. The summed E-state index contributed by atoms with van der Waals surface area (Å²) in [5.74, 6) is -1.59. The number of aliphatic carboxylic acids is 1. The van der Waals surface area contributed by atoms with E-state index in [0.717, 1.165) is 6.42 Å². The van der Waals surface area contributed by atoms with Crippen LogP contribution in [0.5, 0.6) is 0 Å². The first kappa shape index (κ1) is 18.8. The molecular formula is C13H27N3O4.